The molecule has 4 N–H and O–H groups in total. The monoisotopic (exact) mass is 293 g/mol. The van der Waals surface area contributed by atoms with Crippen LogP contribution in [0.3, 0.4) is 0 Å². The van der Waals surface area contributed by atoms with Gasteiger partial charge in [0.15, 0.2) is 0 Å². The number of thioether (sulfide) groups is 1. The molecule has 19 heavy (non-hydrogen) atoms. The minimum atomic E-state index is -0.487. The van der Waals surface area contributed by atoms with Gasteiger partial charge in [-0.05, 0) is 29.8 Å². The van der Waals surface area contributed by atoms with Crippen molar-refractivity contribution in [2.24, 2.45) is 5.73 Å². The van der Waals surface area contributed by atoms with Crippen molar-refractivity contribution in [1.82, 2.24) is 4.98 Å². The van der Waals surface area contributed by atoms with Gasteiger partial charge in [0.25, 0.3) is 0 Å². The molecule has 0 saturated carbocycles. The number of halogens is 1. The van der Waals surface area contributed by atoms with Gasteiger partial charge in [-0.1, -0.05) is 17.7 Å². The lowest BCUT2D eigenvalue weighted by Crippen LogP contribution is -2.11. The van der Waals surface area contributed by atoms with Gasteiger partial charge in [0, 0.05) is 23.2 Å². The van der Waals surface area contributed by atoms with Crippen LogP contribution in [-0.4, -0.2) is 10.9 Å². The number of amides is 1. The SMILES string of the molecule is NC(=O)c1ccc(CSc2ncccc2Cl)c(N)c1. The Balaban J connectivity index is 2.12. The first-order valence-corrected chi connectivity index (χ1v) is 6.86. The van der Waals surface area contributed by atoms with Crippen molar-refractivity contribution in [2.45, 2.75) is 10.8 Å². The second kappa shape index (κ2) is 5.95. The molecule has 4 nitrogen and oxygen atoms in total. The van der Waals surface area contributed by atoms with E-state index in [9.17, 15) is 4.79 Å². The fourth-order valence-electron chi connectivity index (χ4n) is 1.50. The maximum atomic E-state index is 11.0. The number of nitrogen functional groups attached to an aromatic ring is 1. The van der Waals surface area contributed by atoms with Crippen molar-refractivity contribution in [2.75, 3.05) is 5.73 Å². The predicted octanol–water partition coefficient (Wildman–Crippen LogP) is 2.71. The topological polar surface area (TPSA) is 82.0 Å². The fourth-order valence-corrected chi connectivity index (χ4v) is 2.68. The van der Waals surface area contributed by atoms with Crippen LogP contribution in [0.15, 0.2) is 41.6 Å². The van der Waals surface area contributed by atoms with Crippen molar-refractivity contribution in [3.8, 4) is 0 Å². The number of carbonyl (C=O) groups is 1. The molecule has 98 valence electrons. The maximum Gasteiger partial charge on any atom is 0.248 e. The van der Waals surface area contributed by atoms with E-state index in [0.29, 0.717) is 22.0 Å². The Hall–Kier alpha value is -1.72. The second-order valence-corrected chi connectivity index (χ2v) is 5.23. The van der Waals surface area contributed by atoms with E-state index in [-0.39, 0.29) is 0 Å². The summed E-state index contributed by atoms with van der Waals surface area (Å²) in [4.78, 5) is 15.2. The molecule has 0 atom stereocenters. The zero-order valence-corrected chi connectivity index (χ0v) is 11.5. The maximum absolute atomic E-state index is 11.0. The highest BCUT2D eigenvalue weighted by atomic mass is 35.5. The van der Waals surface area contributed by atoms with E-state index in [1.165, 1.54) is 11.8 Å². The summed E-state index contributed by atoms with van der Waals surface area (Å²) in [6.07, 6.45) is 1.69. The smallest absolute Gasteiger partial charge is 0.248 e. The van der Waals surface area contributed by atoms with Crippen LogP contribution in [0, 0.1) is 0 Å². The molecule has 1 amide bonds. The van der Waals surface area contributed by atoms with Crippen LogP contribution < -0.4 is 11.5 Å². The summed E-state index contributed by atoms with van der Waals surface area (Å²) in [5.41, 5.74) is 12.9. The quantitative estimate of drug-likeness (QED) is 0.671. The van der Waals surface area contributed by atoms with E-state index in [1.54, 1.807) is 36.5 Å². The summed E-state index contributed by atoms with van der Waals surface area (Å²) < 4.78 is 0. The summed E-state index contributed by atoms with van der Waals surface area (Å²) >= 11 is 7.51. The minimum Gasteiger partial charge on any atom is -0.398 e. The molecular formula is C13H12ClN3OS. The van der Waals surface area contributed by atoms with Gasteiger partial charge in [-0.3, -0.25) is 4.79 Å². The molecule has 0 unspecified atom stereocenters. The Labute approximate surface area is 120 Å². The molecule has 0 bridgehead atoms. The molecule has 0 aliphatic heterocycles. The average Bonchev–Trinajstić information content (AvgIpc) is 2.39. The molecule has 0 aliphatic carbocycles. The number of aromatic nitrogens is 1. The van der Waals surface area contributed by atoms with Crippen molar-refractivity contribution in [1.29, 1.82) is 0 Å². The molecule has 0 aliphatic rings. The van der Waals surface area contributed by atoms with Crippen LogP contribution in [0.2, 0.25) is 5.02 Å². The van der Waals surface area contributed by atoms with Gasteiger partial charge < -0.3 is 11.5 Å². The number of anilines is 1. The molecule has 1 aromatic carbocycles. The molecule has 6 heteroatoms. The fraction of sp³-hybridized carbons (Fsp3) is 0.0769. The molecule has 0 radical (unpaired) electrons. The number of pyridine rings is 1. The summed E-state index contributed by atoms with van der Waals surface area (Å²) in [7, 11) is 0. The third kappa shape index (κ3) is 3.39. The van der Waals surface area contributed by atoms with E-state index in [1.807, 2.05) is 0 Å². The highest BCUT2D eigenvalue weighted by molar-refractivity contribution is 7.98. The molecule has 2 aromatic rings. The van der Waals surface area contributed by atoms with Crippen LogP contribution in [0.5, 0.6) is 0 Å². The Morgan fingerprint density at radius 1 is 1.37 bits per heavy atom. The number of nitrogens with two attached hydrogens (primary N) is 2. The molecule has 1 heterocycles. The highest BCUT2D eigenvalue weighted by Gasteiger charge is 2.07. The van der Waals surface area contributed by atoms with Gasteiger partial charge in [-0.15, -0.1) is 11.8 Å². The lowest BCUT2D eigenvalue weighted by Gasteiger charge is -2.07. The first-order valence-electron chi connectivity index (χ1n) is 5.49. The van der Waals surface area contributed by atoms with E-state index in [0.717, 1.165) is 10.6 Å². The first-order chi connectivity index (χ1) is 9.08. The largest absolute Gasteiger partial charge is 0.398 e. The zero-order chi connectivity index (χ0) is 13.8. The first kappa shape index (κ1) is 13.7. The van der Waals surface area contributed by atoms with Gasteiger partial charge in [0.05, 0.1) is 5.02 Å². The molecule has 0 fully saturated rings. The Morgan fingerprint density at radius 2 is 2.16 bits per heavy atom. The molecule has 1 aromatic heterocycles. The standard InChI is InChI=1S/C13H12ClN3OS/c14-10-2-1-5-17-13(10)19-7-9-4-3-8(12(16)18)6-11(9)15/h1-6H,7,15H2,(H2,16,18). The Bertz CT molecular complexity index is 619. The van der Waals surface area contributed by atoms with E-state index < -0.39 is 5.91 Å². The van der Waals surface area contributed by atoms with E-state index >= 15 is 0 Å². The summed E-state index contributed by atoms with van der Waals surface area (Å²) in [5, 5.41) is 1.36. The summed E-state index contributed by atoms with van der Waals surface area (Å²) in [6.45, 7) is 0. The van der Waals surface area contributed by atoms with Crippen molar-refractivity contribution in [3.05, 3.63) is 52.7 Å². The number of hydrogen-bond acceptors (Lipinski definition) is 4. The lowest BCUT2D eigenvalue weighted by molar-refractivity contribution is 0.100. The van der Waals surface area contributed by atoms with Crippen molar-refractivity contribution in [3.63, 3.8) is 0 Å². The van der Waals surface area contributed by atoms with Gasteiger partial charge in [0.1, 0.15) is 5.03 Å². The van der Waals surface area contributed by atoms with Crippen molar-refractivity contribution < 1.29 is 4.79 Å². The Morgan fingerprint density at radius 3 is 2.79 bits per heavy atom. The highest BCUT2D eigenvalue weighted by Crippen LogP contribution is 2.29. The number of rotatable bonds is 4. The van der Waals surface area contributed by atoms with Crippen LogP contribution in [-0.2, 0) is 5.75 Å². The predicted molar refractivity (Wildman–Crippen MR) is 78.2 cm³/mol. The van der Waals surface area contributed by atoms with Crippen LogP contribution in [0.1, 0.15) is 15.9 Å². The number of benzene rings is 1. The second-order valence-electron chi connectivity index (χ2n) is 3.86. The third-order valence-electron chi connectivity index (χ3n) is 2.52. The zero-order valence-electron chi connectivity index (χ0n) is 9.97. The average molecular weight is 294 g/mol. The molecule has 0 spiro atoms. The van der Waals surface area contributed by atoms with E-state index in [2.05, 4.69) is 4.98 Å². The van der Waals surface area contributed by atoms with Crippen molar-refractivity contribution >= 4 is 35.0 Å². The van der Waals surface area contributed by atoms with Gasteiger partial charge >= 0.3 is 0 Å². The number of hydrogen-bond donors (Lipinski definition) is 2. The number of primary amides is 1. The summed E-state index contributed by atoms with van der Waals surface area (Å²) in [6, 6.07) is 8.60. The number of carbonyl (C=O) groups excluding carboxylic acids is 1. The minimum absolute atomic E-state index is 0.405. The molecular weight excluding hydrogens is 282 g/mol. The van der Waals surface area contributed by atoms with E-state index in [4.69, 9.17) is 23.1 Å². The molecule has 2 rings (SSSR count). The number of nitrogens with zero attached hydrogens (tertiary/aromatic N) is 1. The van der Waals surface area contributed by atoms with Gasteiger partial charge in [-0.25, -0.2) is 4.98 Å². The lowest BCUT2D eigenvalue weighted by atomic mass is 10.1. The third-order valence-corrected chi connectivity index (χ3v) is 3.99. The van der Waals surface area contributed by atoms with Crippen LogP contribution in [0.25, 0.3) is 0 Å². The normalized spacial score (nSPS) is 10.4. The van der Waals surface area contributed by atoms with Gasteiger partial charge in [-0.2, -0.15) is 0 Å². The summed E-state index contributed by atoms with van der Waals surface area (Å²) in [5.74, 6) is 0.139. The van der Waals surface area contributed by atoms with Crippen LogP contribution in [0.4, 0.5) is 5.69 Å². The molecule has 0 saturated heterocycles. The van der Waals surface area contributed by atoms with Gasteiger partial charge in [0.2, 0.25) is 5.91 Å². The van der Waals surface area contributed by atoms with Crippen LogP contribution >= 0.6 is 23.4 Å². The Kier molecular flexibility index (Phi) is 4.29.